The van der Waals surface area contributed by atoms with Crippen molar-refractivity contribution in [2.45, 2.75) is 81.9 Å². The Morgan fingerprint density at radius 3 is 2.44 bits per heavy atom. The fourth-order valence-electron chi connectivity index (χ4n) is 5.13. The molecule has 0 heterocycles. The monoisotopic (exact) mass is 605 g/mol. The number of carbonyl (C=O) groups is 3. The number of hydrogen-bond acceptors (Lipinski definition) is 6. The lowest BCUT2D eigenvalue weighted by molar-refractivity contribution is -0.132. The number of sulfonamides is 1. The van der Waals surface area contributed by atoms with E-state index in [9.17, 15) is 22.8 Å². The molecule has 0 unspecified atom stereocenters. The quantitative estimate of drug-likeness (QED) is 0.283. The van der Waals surface area contributed by atoms with Crippen LogP contribution in [0.2, 0.25) is 0 Å². The van der Waals surface area contributed by atoms with Crippen molar-refractivity contribution >= 4 is 40.4 Å². The average molecular weight is 606 g/mol. The molecule has 2 N–H and O–H groups in total. The van der Waals surface area contributed by atoms with E-state index in [2.05, 4.69) is 5.32 Å². The summed E-state index contributed by atoms with van der Waals surface area (Å²) < 4.78 is 42.6. The Morgan fingerprint density at radius 1 is 1.07 bits per heavy atom. The zero-order valence-electron chi connectivity index (χ0n) is 23.7. The summed E-state index contributed by atoms with van der Waals surface area (Å²) in [6, 6.07) is 10.3. The number of nitrogens with one attached hydrogen (secondary N) is 2. The summed E-state index contributed by atoms with van der Waals surface area (Å²) in [7, 11) is -4.15. The normalized spacial score (nSPS) is 14.7. The van der Waals surface area contributed by atoms with Gasteiger partial charge in [0.05, 0.1) is 4.90 Å². The van der Waals surface area contributed by atoms with E-state index in [1.165, 1.54) is 54.5 Å². The van der Waals surface area contributed by atoms with E-state index < -0.39 is 21.7 Å². The Labute approximate surface area is 247 Å². The molecular weight excluding hydrogens is 565 g/mol. The Kier molecular flexibility index (Phi) is 12.2. The van der Waals surface area contributed by atoms with Crippen LogP contribution >= 0.6 is 12.6 Å². The van der Waals surface area contributed by atoms with Crippen molar-refractivity contribution in [2.75, 3.05) is 13.1 Å². The van der Waals surface area contributed by atoms with Crippen LogP contribution in [0.3, 0.4) is 0 Å². The maximum atomic E-state index is 15.3. The molecule has 41 heavy (non-hydrogen) atoms. The third-order valence-corrected chi connectivity index (χ3v) is 9.40. The Hall–Kier alpha value is -2.92. The Bertz CT molecular complexity index is 1330. The number of benzene rings is 2. The van der Waals surface area contributed by atoms with Crippen molar-refractivity contribution in [1.82, 2.24) is 14.9 Å². The highest BCUT2D eigenvalue weighted by molar-refractivity contribution is 7.90. The van der Waals surface area contributed by atoms with Crippen LogP contribution in [0, 0.1) is 11.7 Å². The maximum absolute atomic E-state index is 15.3. The molecule has 8 nitrogen and oxygen atoms in total. The summed E-state index contributed by atoms with van der Waals surface area (Å²) in [6.45, 7) is 3.57. The Morgan fingerprint density at radius 2 is 1.78 bits per heavy atom. The van der Waals surface area contributed by atoms with E-state index in [4.69, 9.17) is 12.6 Å². The number of carbonyl (C=O) groups excluding carboxylic acids is 3. The molecule has 2 aromatic rings. The molecule has 1 aliphatic carbocycles. The maximum Gasteiger partial charge on any atom is 0.264 e. The molecule has 1 atom stereocenters. The van der Waals surface area contributed by atoms with Gasteiger partial charge in [-0.3, -0.25) is 14.4 Å². The molecular formula is C30H40FN3O5S2. The summed E-state index contributed by atoms with van der Waals surface area (Å²) in [4.78, 5) is 38.1. The molecule has 0 spiro atoms. The number of hydrogen-bond donors (Lipinski definition) is 3. The largest absolute Gasteiger partial charge is 0.355 e. The van der Waals surface area contributed by atoms with Crippen LogP contribution in [0.4, 0.5) is 4.39 Å². The van der Waals surface area contributed by atoms with Gasteiger partial charge in [0.25, 0.3) is 10.0 Å². The molecule has 1 aliphatic rings. The fourth-order valence-corrected chi connectivity index (χ4v) is 6.74. The lowest BCUT2D eigenvalue weighted by Crippen LogP contribution is -2.37. The van der Waals surface area contributed by atoms with Gasteiger partial charge in [0.1, 0.15) is 5.82 Å². The van der Waals surface area contributed by atoms with E-state index >= 15 is 4.39 Å². The third kappa shape index (κ3) is 9.56. The highest BCUT2D eigenvalue weighted by atomic mass is 32.2. The number of nitrogens with zero attached hydrogens (tertiary/aromatic N) is 1. The van der Waals surface area contributed by atoms with Crippen LogP contribution < -0.4 is 10.0 Å². The molecule has 0 saturated heterocycles. The average Bonchev–Trinajstić information content (AvgIpc) is 2.94. The lowest BCUT2D eigenvalue weighted by Gasteiger charge is -2.27. The van der Waals surface area contributed by atoms with E-state index in [-0.39, 0.29) is 59.0 Å². The van der Waals surface area contributed by atoms with Crippen LogP contribution in [0.1, 0.15) is 70.8 Å². The first-order valence-electron chi connectivity index (χ1n) is 14.2. The highest BCUT2D eigenvalue weighted by Crippen LogP contribution is 2.30. The predicted octanol–water partition coefficient (Wildman–Crippen LogP) is 4.83. The van der Waals surface area contributed by atoms with Crippen LogP contribution in [0.15, 0.2) is 47.4 Å². The third-order valence-electron chi connectivity index (χ3n) is 7.31. The van der Waals surface area contributed by atoms with E-state index in [1.807, 2.05) is 11.6 Å². The van der Waals surface area contributed by atoms with E-state index in [0.717, 1.165) is 19.8 Å². The first-order valence-corrected chi connectivity index (χ1v) is 16.2. The van der Waals surface area contributed by atoms with Gasteiger partial charge in [-0.05, 0) is 42.9 Å². The molecule has 2 aromatic carbocycles. The first-order chi connectivity index (χ1) is 19.5. The standard InChI is InChI=1S/C30H40FN3O5S2/c1-3-9-30(37)34(17-16-29(36)32-19-27(40)22-10-5-4-6-11-22)20-24-15-14-23(18-26(24)31)25-12-7-8-13-28(25)41(38,39)33-21(2)35/h7-8,12-15,18,22,27,40H,3-6,9-11,16-17,19-20H2,1-2H3,(H,32,36)(H,33,35)/t27-/m0/s1. The van der Waals surface area contributed by atoms with Gasteiger partial charge in [-0.1, -0.05) is 56.5 Å². The smallest absolute Gasteiger partial charge is 0.264 e. The van der Waals surface area contributed by atoms with Gasteiger partial charge in [0.2, 0.25) is 17.7 Å². The van der Waals surface area contributed by atoms with Gasteiger partial charge in [-0.25, -0.2) is 17.5 Å². The first kappa shape index (κ1) is 32.6. The van der Waals surface area contributed by atoms with Gasteiger partial charge < -0.3 is 10.2 Å². The van der Waals surface area contributed by atoms with Gasteiger partial charge in [0.15, 0.2) is 0 Å². The molecule has 3 rings (SSSR count). The second-order valence-corrected chi connectivity index (χ2v) is 12.9. The second-order valence-electron chi connectivity index (χ2n) is 10.5. The number of thiol groups is 1. The van der Waals surface area contributed by atoms with Crippen molar-refractivity contribution in [3.8, 4) is 11.1 Å². The molecule has 0 radical (unpaired) electrons. The summed E-state index contributed by atoms with van der Waals surface area (Å²) in [5, 5.41) is 3.03. The molecule has 1 fully saturated rings. The van der Waals surface area contributed by atoms with Crippen LogP contribution in [0.25, 0.3) is 11.1 Å². The Balaban J connectivity index is 1.69. The number of halogens is 1. The van der Waals surface area contributed by atoms with Gasteiger partial charge in [-0.15, -0.1) is 0 Å². The molecule has 0 bridgehead atoms. The lowest BCUT2D eigenvalue weighted by atomic mass is 9.86. The van der Waals surface area contributed by atoms with Crippen molar-refractivity contribution in [3.05, 3.63) is 53.8 Å². The second kappa shape index (κ2) is 15.3. The fraction of sp³-hybridized carbons (Fsp3) is 0.500. The number of amides is 3. The molecule has 11 heteroatoms. The van der Waals surface area contributed by atoms with Crippen LogP contribution in [0.5, 0.6) is 0 Å². The van der Waals surface area contributed by atoms with E-state index in [1.54, 1.807) is 12.1 Å². The van der Waals surface area contributed by atoms with Crippen molar-refractivity contribution in [2.24, 2.45) is 5.92 Å². The predicted molar refractivity (Wildman–Crippen MR) is 160 cm³/mol. The summed E-state index contributed by atoms with van der Waals surface area (Å²) in [6.07, 6.45) is 6.89. The minimum Gasteiger partial charge on any atom is -0.355 e. The van der Waals surface area contributed by atoms with Crippen molar-refractivity contribution in [1.29, 1.82) is 0 Å². The minimum atomic E-state index is -4.15. The van der Waals surface area contributed by atoms with Crippen molar-refractivity contribution in [3.63, 3.8) is 0 Å². The molecule has 0 aliphatic heterocycles. The van der Waals surface area contributed by atoms with Crippen molar-refractivity contribution < 1.29 is 27.2 Å². The number of rotatable bonds is 13. The van der Waals surface area contributed by atoms with Gasteiger partial charge in [-0.2, -0.15) is 12.6 Å². The molecule has 224 valence electrons. The van der Waals surface area contributed by atoms with E-state index in [0.29, 0.717) is 24.4 Å². The minimum absolute atomic E-state index is 0.0265. The SMILES string of the molecule is CCCC(=O)N(CCC(=O)NC[C@H](S)C1CCCCC1)Cc1ccc(-c2ccccc2S(=O)(=O)NC(C)=O)cc1F. The van der Waals surface area contributed by atoms with Crippen LogP contribution in [-0.2, 0) is 31.0 Å². The topological polar surface area (TPSA) is 113 Å². The summed E-state index contributed by atoms with van der Waals surface area (Å²) >= 11 is 4.69. The van der Waals surface area contributed by atoms with Crippen LogP contribution in [-0.4, -0.2) is 49.4 Å². The molecule has 0 aromatic heterocycles. The zero-order valence-corrected chi connectivity index (χ0v) is 25.4. The highest BCUT2D eigenvalue weighted by Gasteiger charge is 2.23. The molecule has 3 amide bonds. The summed E-state index contributed by atoms with van der Waals surface area (Å²) in [5.41, 5.74) is 0.785. The van der Waals surface area contributed by atoms with Gasteiger partial charge >= 0.3 is 0 Å². The zero-order chi connectivity index (χ0) is 30.0. The summed E-state index contributed by atoms with van der Waals surface area (Å²) in [5.74, 6) is -1.20. The molecule has 1 saturated carbocycles. The van der Waals surface area contributed by atoms with Gasteiger partial charge in [0, 0.05) is 55.8 Å².